The lowest BCUT2D eigenvalue weighted by molar-refractivity contribution is -0.142. The van der Waals surface area contributed by atoms with E-state index in [-0.39, 0.29) is 17.9 Å². The minimum atomic E-state index is -0.415. The molecule has 3 aliphatic rings. The molecule has 1 aromatic rings. The number of carbonyl (C=O) groups excluding carboxylic acids is 2. The summed E-state index contributed by atoms with van der Waals surface area (Å²) >= 11 is 1.47. The first-order valence-corrected chi connectivity index (χ1v) is 10.9. The average Bonchev–Trinajstić information content (AvgIpc) is 3.19. The first-order valence-electron chi connectivity index (χ1n) is 9.96. The van der Waals surface area contributed by atoms with Gasteiger partial charge in [0, 0.05) is 45.6 Å². The molecule has 0 aromatic carbocycles. The van der Waals surface area contributed by atoms with E-state index in [2.05, 4.69) is 9.88 Å². The number of ether oxygens (including phenoxy) is 1. The molecule has 148 valence electrons. The van der Waals surface area contributed by atoms with Crippen LogP contribution in [0.4, 0.5) is 0 Å². The maximum Gasteiger partial charge on any atom is 0.245 e. The minimum Gasteiger partial charge on any atom is -0.472 e. The zero-order chi connectivity index (χ0) is 18.8. The van der Waals surface area contributed by atoms with Crippen molar-refractivity contribution in [1.29, 1.82) is 0 Å². The molecular formula is C19H28N4O3S. The number of hydrogen-bond donors (Lipinski definition) is 0. The number of amides is 2. The van der Waals surface area contributed by atoms with Gasteiger partial charge in [-0.05, 0) is 19.3 Å². The second kappa shape index (κ2) is 8.14. The van der Waals surface area contributed by atoms with Gasteiger partial charge in [-0.3, -0.25) is 14.5 Å². The first kappa shape index (κ1) is 18.7. The Balaban J connectivity index is 1.39. The van der Waals surface area contributed by atoms with Gasteiger partial charge < -0.3 is 14.5 Å². The Kier molecular flexibility index (Phi) is 5.63. The lowest BCUT2D eigenvalue weighted by atomic mass is 9.91. The van der Waals surface area contributed by atoms with Crippen LogP contribution in [0.15, 0.2) is 10.9 Å². The van der Waals surface area contributed by atoms with Crippen LogP contribution in [0.2, 0.25) is 0 Å². The van der Waals surface area contributed by atoms with Crippen molar-refractivity contribution in [1.82, 2.24) is 19.7 Å². The van der Waals surface area contributed by atoms with Gasteiger partial charge in [0.25, 0.3) is 0 Å². The van der Waals surface area contributed by atoms with Crippen LogP contribution >= 0.6 is 11.3 Å². The Morgan fingerprint density at radius 2 is 2.04 bits per heavy atom. The van der Waals surface area contributed by atoms with Crippen LogP contribution in [-0.4, -0.2) is 82.4 Å². The molecule has 27 heavy (non-hydrogen) atoms. The predicted molar refractivity (Wildman–Crippen MR) is 103 cm³/mol. The number of nitrogens with zero attached hydrogens (tertiary/aromatic N) is 4. The molecule has 2 unspecified atom stereocenters. The van der Waals surface area contributed by atoms with Crippen LogP contribution in [-0.2, 0) is 9.59 Å². The SMILES string of the molecule is CC(=O)N1CC(Oc2cscn2)CC1C(=O)N1CCCN(C2CCC2)CC1. The van der Waals surface area contributed by atoms with Crippen molar-refractivity contribution in [3.8, 4) is 5.88 Å². The van der Waals surface area contributed by atoms with Gasteiger partial charge in [-0.15, -0.1) is 11.3 Å². The molecule has 1 aliphatic carbocycles. The number of hydrogen-bond acceptors (Lipinski definition) is 6. The van der Waals surface area contributed by atoms with Crippen LogP contribution in [0, 0.1) is 0 Å². The zero-order valence-electron chi connectivity index (χ0n) is 15.9. The summed E-state index contributed by atoms with van der Waals surface area (Å²) in [5.74, 6) is 0.584. The summed E-state index contributed by atoms with van der Waals surface area (Å²) in [5, 5.41) is 1.84. The summed E-state index contributed by atoms with van der Waals surface area (Å²) in [5.41, 5.74) is 1.72. The Hall–Kier alpha value is -1.67. The maximum absolute atomic E-state index is 13.2. The third-order valence-corrected chi connectivity index (χ3v) is 6.65. The van der Waals surface area contributed by atoms with Crippen molar-refractivity contribution < 1.29 is 14.3 Å². The summed E-state index contributed by atoms with van der Waals surface area (Å²) in [6.45, 7) is 5.54. The average molecular weight is 393 g/mol. The van der Waals surface area contributed by atoms with E-state index in [1.54, 1.807) is 10.4 Å². The quantitative estimate of drug-likeness (QED) is 0.779. The first-order chi connectivity index (χ1) is 13.1. The van der Waals surface area contributed by atoms with Gasteiger partial charge in [0.1, 0.15) is 12.1 Å². The molecule has 0 radical (unpaired) electrons. The summed E-state index contributed by atoms with van der Waals surface area (Å²) < 4.78 is 5.89. The van der Waals surface area contributed by atoms with Crippen LogP contribution in [0.3, 0.4) is 0 Å². The van der Waals surface area contributed by atoms with E-state index in [4.69, 9.17) is 4.74 Å². The molecule has 0 N–H and O–H groups in total. The molecule has 2 amide bonds. The smallest absolute Gasteiger partial charge is 0.245 e. The number of aromatic nitrogens is 1. The highest BCUT2D eigenvalue weighted by atomic mass is 32.1. The monoisotopic (exact) mass is 392 g/mol. The Morgan fingerprint density at radius 1 is 1.19 bits per heavy atom. The highest BCUT2D eigenvalue weighted by Crippen LogP contribution is 2.27. The van der Waals surface area contributed by atoms with E-state index in [0.717, 1.165) is 38.6 Å². The Labute approximate surface area is 164 Å². The lowest BCUT2D eigenvalue weighted by Crippen LogP contribution is -2.48. The second-order valence-electron chi connectivity index (χ2n) is 7.79. The molecule has 7 nitrogen and oxygen atoms in total. The largest absolute Gasteiger partial charge is 0.472 e. The van der Waals surface area contributed by atoms with E-state index in [9.17, 15) is 9.59 Å². The number of rotatable bonds is 4. The van der Waals surface area contributed by atoms with Gasteiger partial charge in [0.2, 0.25) is 17.7 Å². The highest BCUT2D eigenvalue weighted by Gasteiger charge is 2.42. The van der Waals surface area contributed by atoms with Crippen molar-refractivity contribution in [2.45, 2.75) is 57.2 Å². The molecule has 1 saturated carbocycles. The van der Waals surface area contributed by atoms with Crippen molar-refractivity contribution in [3.63, 3.8) is 0 Å². The molecular weight excluding hydrogens is 364 g/mol. The minimum absolute atomic E-state index is 0.0661. The van der Waals surface area contributed by atoms with Gasteiger partial charge in [-0.25, -0.2) is 4.98 Å². The van der Waals surface area contributed by atoms with Gasteiger partial charge in [-0.1, -0.05) is 6.42 Å². The standard InChI is InChI=1S/C19H28N4O3S/c1-14(24)23-11-16(26-18-12-27-13-20-18)10-17(23)19(25)22-7-3-6-21(8-9-22)15-4-2-5-15/h12-13,15-17H,2-11H2,1H3. The molecule has 3 heterocycles. The maximum atomic E-state index is 13.2. The van der Waals surface area contributed by atoms with Gasteiger partial charge in [0.15, 0.2) is 0 Å². The van der Waals surface area contributed by atoms with Crippen LogP contribution in [0.25, 0.3) is 0 Å². The van der Waals surface area contributed by atoms with E-state index >= 15 is 0 Å². The van der Waals surface area contributed by atoms with E-state index in [1.807, 2.05) is 10.3 Å². The fourth-order valence-electron chi connectivity index (χ4n) is 4.38. The summed E-state index contributed by atoms with van der Waals surface area (Å²) in [6, 6.07) is 0.303. The molecule has 3 fully saturated rings. The third-order valence-electron chi connectivity index (χ3n) is 6.08. The molecule has 0 bridgehead atoms. The van der Waals surface area contributed by atoms with Crippen LogP contribution < -0.4 is 4.74 Å². The Bertz CT molecular complexity index is 664. The van der Waals surface area contributed by atoms with Crippen molar-refractivity contribution >= 4 is 23.2 Å². The summed E-state index contributed by atoms with van der Waals surface area (Å²) in [7, 11) is 0. The predicted octanol–water partition coefficient (Wildman–Crippen LogP) is 1.60. The van der Waals surface area contributed by atoms with Crippen molar-refractivity contribution in [3.05, 3.63) is 10.9 Å². The summed E-state index contributed by atoms with van der Waals surface area (Å²) in [4.78, 5) is 35.7. The van der Waals surface area contributed by atoms with E-state index in [1.165, 1.54) is 37.5 Å². The van der Waals surface area contributed by atoms with Gasteiger partial charge in [-0.2, -0.15) is 0 Å². The van der Waals surface area contributed by atoms with Crippen LogP contribution in [0.5, 0.6) is 5.88 Å². The molecule has 1 aromatic heterocycles. The van der Waals surface area contributed by atoms with Gasteiger partial charge >= 0.3 is 0 Å². The number of likely N-dealkylation sites (tertiary alicyclic amines) is 1. The lowest BCUT2D eigenvalue weighted by Gasteiger charge is -2.36. The topological polar surface area (TPSA) is 66.0 Å². The zero-order valence-corrected chi connectivity index (χ0v) is 16.7. The number of thiazole rings is 1. The molecule has 8 heteroatoms. The fraction of sp³-hybridized carbons (Fsp3) is 0.737. The molecule has 2 atom stereocenters. The third kappa shape index (κ3) is 4.11. The van der Waals surface area contributed by atoms with Gasteiger partial charge in [0.05, 0.1) is 17.4 Å². The van der Waals surface area contributed by atoms with Crippen molar-refractivity contribution in [2.75, 3.05) is 32.7 Å². The summed E-state index contributed by atoms with van der Waals surface area (Å²) in [6.07, 6.45) is 5.30. The van der Waals surface area contributed by atoms with Crippen LogP contribution in [0.1, 0.15) is 39.0 Å². The Morgan fingerprint density at radius 3 is 2.70 bits per heavy atom. The molecule has 0 spiro atoms. The second-order valence-corrected chi connectivity index (χ2v) is 8.51. The fourth-order valence-corrected chi connectivity index (χ4v) is 4.84. The van der Waals surface area contributed by atoms with Crippen molar-refractivity contribution in [2.24, 2.45) is 0 Å². The molecule has 2 saturated heterocycles. The molecule has 2 aliphatic heterocycles. The van der Waals surface area contributed by atoms with E-state index < -0.39 is 6.04 Å². The molecule has 4 rings (SSSR count). The normalized spacial score (nSPS) is 27.3. The number of carbonyl (C=O) groups is 2. The van der Waals surface area contributed by atoms with E-state index in [0.29, 0.717) is 18.8 Å². The highest BCUT2D eigenvalue weighted by molar-refractivity contribution is 7.07.